The molecule has 0 aliphatic heterocycles. The number of halogens is 1. The maximum atomic E-state index is 11.5. The molecule has 0 aromatic heterocycles. The smallest absolute Gasteiger partial charge is 0.0477 e. The number of carbonyl (C=O) groups excluding carboxylic acids is 1. The van der Waals surface area contributed by atoms with Crippen LogP contribution in [0.25, 0.3) is 0 Å². The van der Waals surface area contributed by atoms with E-state index in [1.54, 1.807) is 0 Å². The van der Waals surface area contributed by atoms with Gasteiger partial charge in [-0.05, 0) is 49.9 Å². The van der Waals surface area contributed by atoms with Gasteiger partial charge in [-0.15, -0.1) is 0 Å². The second-order valence-electron chi connectivity index (χ2n) is 6.58. The molecule has 0 N–H and O–H groups in total. The number of aliphatic carboxylic acids is 1. The molecule has 0 heterocycles. The first-order chi connectivity index (χ1) is 7.41. The Labute approximate surface area is 105 Å². The van der Waals surface area contributed by atoms with Crippen molar-refractivity contribution in [3.63, 3.8) is 0 Å². The van der Waals surface area contributed by atoms with Crippen molar-refractivity contribution in [2.24, 2.45) is 16.7 Å². The van der Waals surface area contributed by atoms with Crippen LogP contribution in [-0.4, -0.2) is 10.3 Å². The van der Waals surface area contributed by atoms with Gasteiger partial charge in [0.1, 0.15) is 0 Å². The summed E-state index contributed by atoms with van der Waals surface area (Å²) in [4.78, 5) is 11.5. The monoisotopic (exact) mass is 285 g/mol. The highest BCUT2D eigenvalue weighted by Gasteiger charge is 2.62. The van der Waals surface area contributed by atoms with Gasteiger partial charge in [-0.25, -0.2) is 0 Å². The van der Waals surface area contributed by atoms with Gasteiger partial charge < -0.3 is 9.90 Å². The molecule has 0 amide bonds. The van der Waals surface area contributed by atoms with Gasteiger partial charge in [0, 0.05) is 15.7 Å². The van der Waals surface area contributed by atoms with Gasteiger partial charge in [-0.1, -0.05) is 29.3 Å². The minimum absolute atomic E-state index is 0.0997. The largest absolute Gasteiger partial charge is 0.550 e. The minimum Gasteiger partial charge on any atom is -0.550 e. The van der Waals surface area contributed by atoms with Crippen LogP contribution in [0.3, 0.4) is 0 Å². The summed E-state index contributed by atoms with van der Waals surface area (Å²) in [7, 11) is 0. The van der Waals surface area contributed by atoms with Gasteiger partial charge in [-0.3, -0.25) is 0 Å². The number of rotatable bonds is 2. The van der Waals surface area contributed by atoms with E-state index < -0.39 is 11.4 Å². The Kier molecular flexibility index (Phi) is 2.10. The van der Waals surface area contributed by atoms with Crippen LogP contribution < -0.4 is 5.11 Å². The molecule has 0 saturated heterocycles. The molecule has 0 unspecified atom stereocenters. The number of hydrogen-bond acceptors (Lipinski definition) is 2. The lowest BCUT2D eigenvalue weighted by atomic mass is 9.43. The fourth-order valence-corrected chi connectivity index (χ4v) is 6.73. The highest BCUT2D eigenvalue weighted by molar-refractivity contribution is 9.10. The normalized spacial score (nSPS) is 54.2. The van der Waals surface area contributed by atoms with Crippen molar-refractivity contribution in [3.05, 3.63) is 0 Å². The third kappa shape index (κ3) is 1.33. The number of alkyl halides is 1. The van der Waals surface area contributed by atoms with Crippen LogP contribution in [0, 0.1) is 16.7 Å². The zero-order valence-corrected chi connectivity index (χ0v) is 11.3. The first kappa shape index (κ1) is 11.1. The van der Waals surface area contributed by atoms with Crippen molar-refractivity contribution in [1.29, 1.82) is 0 Å². The van der Waals surface area contributed by atoms with Crippen LogP contribution in [0.15, 0.2) is 0 Å². The van der Waals surface area contributed by atoms with Crippen LogP contribution in [0.4, 0.5) is 0 Å². The molecule has 4 rings (SSSR count). The summed E-state index contributed by atoms with van der Waals surface area (Å²) in [5, 5.41) is 11.5. The van der Waals surface area contributed by atoms with Crippen molar-refractivity contribution in [1.82, 2.24) is 0 Å². The second-order valence-corrected chi connectivity index (χ2v) is 8.26. The fourth-order valence-electron chi connectivity index (χ4n) is 5.14. The number of hydrogen-bond donors (Lipinski definition) is 0. The van der Waals surface area contributed by atoms with Crippen LogP contribution in [-0.2, 0) is 4.79 Å². The maximum absolute atomic E-state index is 11.5. The molecule has 4 fully saturated rings. The molecule has 0 aromatic rings. The second kappa shape index (κ2) is 3.04. The van der Waals surface area contributed by atoms with Crippen LogP contribution in [0.5, 0.6) is 0 Å². The van der Waals surface area contributed by atoms with Crippen LogP contribution in [0.2, 0.25) is 0 Å². The third-order valence-corrected chi connectivity index (χ3v) is 6.18. The molecule has 4 bridgehead atoms. The number of carboxylic acids is 1. The molecule has 0 radical (unpaired) electrons. The van der Waals surface area contributed by atoms with Gasteiger partial charge in [0.05, 0.1) is 0 Å². The van der Waals surface area contributed by atoms with Crippen molar-refractivity contribution >= 4 is 21.9 Å². The lowest BCUT2D eigenvalue weighted by Gasteiger charge is -2.65. The van der Waals surface area contributed by atoms with Crippen molar-refractivity contribution in [2.45, 2.75) is 56.2 Å². The Balaban J connectivity index is 2.04. The molecular formula is C13H18BrO2-. The Morgan fingerprint density at radius 2 is 2.06 bits per heavy atom. The molecule has 3 heteroatoms. The lowest BCUT2D eigenvalue weighted by molar-refractivity contribution is -0.328. The fraction of sp³-hybridized carbons (Fsp3) is 0.923. The maximum Gasteiger partial charge on any atom is 0.0477 e. The van der Waals surface area contributed by atoms with E-state index in [-0.39, 0.29) is 9.74 Å². The van der Waals surface area contributed by atoms with Crippen molar-refractivity contribution in [2.75, 3.05) is 0 Å². The minimum atomic E-state index is -0.793. The summed E-state index contributed by atoms with van der Waals surface area (Å²) in [5.74, 6) is -0.188. The predicted molar refractivity (Wildman–Crippen MR) is 63.0 cm³/mol. The van der Waals surface area contributed by atoms with E-state index in [9.17, 15) is 9.90 Å². The molecule has 0 aromatic carbocycles. The molecule has 0 spiro atoms. The van der Waals surface area contributed by atoms with E-state index in [0.717, 1.165) is 25.7 Å². The van der Waals surface area contributed by atoms with Gasteiger partial charge in [0.25, 0.3) is 0 Å². The van der Waals surface area contributed by atoms with E-state index >= 15 is 0 Å². The quantitative estimate of drug-likeness (QED) is 0.730. The molecule has 4 aliphatic rings. The zero-order chi connectivity index (χ0) is 11.6. The molecule has 2 nitrogen and oxygen atoms in total. The molecule has 4 aliphatic carbocycles. The summed E-state index contributed by atoms with van der Waals surface area (Å²) in [6, 6.07) is 0. The van der Waals surface area contributed by atoms with E-state index in [2.05, 4.69) is 22.9 Å². The molecule has 16 heavy (non-hydrogen) atoms. The average Bonchev–Trinajstić information content (AvgIpc) is 2.13. The summed E-state index contributed by atoms with van der Waals surface area (Å²) in [6.45, 7) is 2.21. The molecular weight excluding hydrogens is 268 g/mol. The summed E-state index contributed by atoms with van der Waals surface area (Å²) in [5.41, 5.74) is -0.234. The number of carboxylic acid groups (broad SMARTS) is 1. The summed E-state index contributed by atoms with van der Waals surface area (Å²) >= 11 is 3.85. The van der Waals surface area contributed by atoms with E-state index in [1.807, 2.05) is 0 Å². The summed E-state index contributed by atoms with van der Waals surface area (Å²) < 4.78 is 0.0997. The SMILES string of the molecule is CC[C@]12C[C@@H]3C[C@](Br)(C1)C[C@@](C(=O)[O-])(C3)C2. The van der Waals surface area contributed by atoms with Crippen LogP contribution in [0.1, 0.15) is 51.9 Å². The first-order valence-electron chi connectivity index (χ1n) is 6.31. The highest BCUT2D eigenvalue weighted by Crippen LogP contribution is 2.69. The zero-order valence-electron chi connectivity index (χ0n) is 9.72. The molecule has 90 valence electrons. The van der Waals surface area contributed by atoms with E-state index in [4.69, 9.17) is 0 Å². The Morgan fingerprint density at radius 3 is 2.62 bits per heavy atom. The predicted octanol–water partition coefficient (Wildman–Crippen LogP) is 2.25. The Morgan fingerprint density at radius 1 is 1.31 bits per heavy atom. The first-order valence-corrected chi connectivity index (χ1v) is 7.11. The van der Waals surface area contributed by atoms with Crippen LogP contribution >= 0.6 is 15.9 Å². The van der Waals surface area contributed by atoms with Crippen molar-refractivity contribution < 1.29 is 9.90 Å². The summed E-state index contributed by atoms with van der Waals surface area (Å²) in [6.07, 6.45) is 7.22. The highest BCUT2D eigenvalue weighted by atomic mass is 79.9. The molecule has 4 atom stereocenters. The molecule has 4 saturated carbocycles. The Hall–Kier alpha value is -0.0500. The standard InChI is InChI=1S/C13H19BrO2/c1-2-11-3-9-4-12(6-11,10(15)16)8-13(14,5-9)7-11/h9H,2-8H2,1H3,(H,15,16)/p-1/t9-,11+,12+,13-/m0/s1. The van der Waals surface area contributed by atoms with Gasteiger partial charge in [0.2, 0.25) is 0 Å². The number of carbonyl (C=O) groups is 1. The van der Waals surface area contributed by atoms with Gasteiger partial charge in [-0.2, -0.15) is 0 Å². The van der Waals surface area contributed by atoms with E-state index in [1.165, 1.54) is 19.3 Å². The third-order valence-electron chi connectivity index (χ3n) is 5.30. The Bertz CT molecular complexity index is 356. The lowest BCUT2D eigenvalue weighted by Crippen LogP contribution is -2.62. The average molecular weight is 286 g/mol. The van der Waals surface area contributed by atoms with Gasteiger partial charge >= 0.3 is 0 Å². The topological polar surface area (TPSA) is 40.1 Å². The van der Waals surface area contributed by atoms with Gasteiger partial charge in [0.15, 0.2) is 0 Å². The van der Waals surface area contributed by atoms with E-state index in [0.29, 0.717) is 5.92 Å². The van der Waals surface area contributed by atoms with Crippen molar-refractivity contribution in [3.8, 4) is 0 Å².